The summed E-state index contributed by atoms with van der Waals surface area (Å²) in [6.07, 6.45) is 4.31. The van der Waals surface area contributed by atoms with Crippen molar-refractivity contribution in [3.8, 4) is 0 Å². The zero-order valence-electron chi connectivity index (χ0n) is 11.7. The first kappa shape index (κ1) is 14.3. The summed E-state index contributed by atoms with van der Waals surface area (Å²) < 4.78 is 0. The summed E-state index contributed by atoms with van der Waals surface area (Å²) >= 11 is 6.16. The third kappa shape index (κ3) is 2.87. The normalized spacial score (nSPS) is 16.2. The zero-order chi connectivity index (χ0) is 14.8. The number of piperidine rings is 1. The number of nitrogens with zero attached hydrogens (tertiary/aromatic N) is 1. The molecule has 1 aliphatic heterocycles. The molecule has 21 heavy (non-hydrogen) atoms. The van der Waals surface area contributed by atoms with Crippen LogP contribution in [0.25, 0.3) is 10.9 Å². The van der Waals surface area contributed by atoms with Crippen LogP contribution in [-0.2, 0) is 0 Å². The van der Waals surface area contributed by atoms with Gasteiger partial charge in [-0.2, -0.15) is 0 Å². The highest BCUT2D eigenvalue weighted by Gasteiger charge is 2.21. The van der Waals surface area contributed by atoms with Crippen molar-refractivity contribution in [3.05, 3.63) is 35.0 Å². The minimum atomic E-state index is 0.104. The Kier molecular flexibility index (Phi) is 4.08. The van der Waals surface area contributed by atoms with Gasteiger partial charge in [0, 0.05) is 23.6 Å². The molecule has 1 aliphatic rings. The first-order valence-corrected chi connectivity index (χ1v) is 7.61. The van der Waals surface area contributed by atoms with Gasteiger partial charge in [-0.3, -0.25) is 9.78 Å². The maximum atomic E-state index is 12.6. The Morgan fingerprint density at radius 2 is 2.19 bits per heavy atom. The second-order valence-electron chi connectivity index (χ2n) is 5.54. The van der Waals surface area contributed by atoms with E-state index < -0.39 is 0 Å². The van der Waals surface area contributed by atoms with Gasteiger partial charge < -0.3 is 11.1 Å². The summed E-state index contributed by atoms with van der Waals surface area (Å²) in [5, 5.41) is 4.48. The Labute approximate surface area is 128 Å². The Balaban J connectivity index is 1.95. The van der Waals surface area contributed by atoms with E-state index >= 15 is 0 Å². The van der Waals surface area contributed by atoms with Crippen LogP contribution in [0.1, 0.15) is 29.6 Å². The largest absolute Gasteiger partial charge is 0.397 e. The van der Waals surface area contributed by atoms with E-state index in [2.05, 4.69) is 10.3 Å². The van der Waals surface area contributed by atoms with Crippen LogP contribution >= 0.6 is 11.6 Å². The molecule has 3 N–H and O–H groups in total. The Morgan fingerprint density at radius 1 is 1.43 bits per heavy atom. The number of Topliss-reactive ketones (excluding diaryl/α,β-unsaturated/α-hetero) is 1. The number of hydrogen-bond donors (Lipinski definition) is 2. The van der Waals surface area contributed by atoms with E-state index in [0.717, 1.165) is 31.3 Å². The number of benzene rings is 1. The first-order chi connectivity index (χ1) is 10.2. The lowest BCUT2D eigenvalue weighted by molar-refractivity contribution is 0.0954. The van der Waals surface area contributed by atoms with Gasteiger partial charge >= 0.3 is 0 Å². The molecule has 0 atom stereocenters. The molecule has 0 saturated carbocycles. The Bertz CT molecular complexity index is 681. The number of nitrogens with one attached hydrogen (secondary N) is 1. The molecule has 4 nitrogen and oxygen atoms in total. The number of nitrogen functional groups attached to an aromatic ring is 1. The van der Waals surface area contributed by atoms with Crippen LogP contribution in [0, 0.1) is 5.92 Å². The smallest absolute Gasteiger partial charge is 0.165 e. The van der Waals surface area contributed by atoms with Crippen LogP contribution in [0.3, 0.4) is 0 Å². The molecule has 1 fully saturated rings. The fourth-order valence-corrected chi connectivity index (χ4v) is 3.12. The molecule has 2 heterocycles. The number of ketones is 1. The standard InChI is InChI=1S/C16H18ClN3O/c17-13-9-12(14(21)8-10-3-6-19-7-4-10)16-11(15(13)18)2-1-5-20-16/h1-2,5,9-10,19H,3-4,6-8,18H2. The molecule has 0 spiro atoms. The van der Waals surface area contributed by atoms with Crippen molar-refractivity contribution in [2.24, 2.45) is 5.92 Å². The van der Waals surface area contributed by atoms with E-state index in [4.69, 9.17) is 17.3 Å². The second-order valence-corrected chi connectivity index (χ2v) is 5.95. The minimum Gasteiger partial charge on any atom is -0.397 e. The number of halogens is 1. The summed E-state index contributed by atoms with van der Waals surface area (Å²) in [7, 11) is 0. The van der Waals surface area contributed by atoms with Gasteiger partial charge in [0.2, 0.25) is 0 Å². The third-order valence-corrected chi connectivity index (χ3v) is 4.43. The van der Waals surface area contributed by atoms with Crippen molar-refractivity contribution in [2.75, 3.05) is 18.8 Å². The number of nitrogens with two attached hydrogens (primary N) is 1. The highest BCUT2D eigenvalue weighted by atomic mass is 35.5. The fraction of sp³-hybridized carbons (Fsp3) is 0.375. The maximum Gasteiger partial charge on any atom is 0.165 e. The number of carbonyl (C=O) groups excluding carboxylic acids is 1. The molecule has 1 aromatic heterocycles. The fourth-order valence-electron chi connectivity index (χ4n) is 2.91. The van der Waals surface area contributed by atoms with Crippen molar-refractivity contribution in [3.63, 3.8) is 0 Å². The average Bonchev–Trinajstić information content (AvgIpc) is 2.52. The molecular formula is C16H18ClN3O. The lowest BCUT2D eigenvalue weighted by atomic mass is 9.90. The molecule has 110 valence electrons. The minimum absolute atomic E-state index is 0.104. The first-order valence-electron chi connectivity index (χ1n) is 7.23. The van der Waals surface area contributed by atoms with Gasteiger partial charge in [-0.15, -0.1) is 0 Å². The number of carbonyl (C=O) groups is 1. The molecule has 0 amide bonds. The number of anilines is 1. The molecular weight excluding hydrogens is 286 g/mol. The summed E-state index contributed by atoms with van der Waals surface area (Å²) in [6, 6.07) is 5.32. The van der Waals surface area contributed by atoms with E-state index in [9.17, 15) is 4.79 Å². The van der Waals surface area contributed by atoms with Crippen molar-refractivity contribution < 1.29 is 4.79 Å². The van der Waals surface area contributed by atoms with Crippen LogP contribution in [-0.4, -0.2) is 23.9 Å². The van der Waals surface area contributed by atoms with Gasteiger partial charge in [-0.25, -0.2) is 0 Å². The quantitative estimate of drug-likeness (QED) is 0.675. The van der Waals surface area contributed by atoms with Crippen LogP contribution in [0.5, 0.6) is 0 Å². The number of rotatable bonds is 3. The van der Waals surface area contributed by atoms with Crippen LogP contribution in [0.4, 0.5) is 5.69 Å². The highest BCUT2D eigenvalue weighted by Crippen LogP contribution is 2.32. The van der Waals surface area contributed by atoms with E-state index in [1.54, 1.807) is 18.3 Å². The van der Waals surface area contributed by atoms with Gasteiger partial charge in [0.1, 0.15) is 0 Å². The van der Waals surface area contributed by atoms with Crippen molar-refractivity contribution in [1.82, 2.24) is 10.3 Å². The SMILES string of the molecule is Nc1c(Cl)cc(C(=O)CC2CCNCC2)c2ncccc12. The van der Waals surface area contributed by atoms with Gasteiger partial charge in [-0.1, -0.05) is 11.6 Å². The number of fused-ring (bicyclic) bond motifs is 1. The molecule has 0 unspecified atom stereocenters. The van der Waals surface area contributed by atoms with E-state index in [1.807, 2.05) is 6.07 Å². The van der Waals surface area contributed by atoms with Crippen LogP contribution < -0.4 is 11.1 Å². The van der Waals surface area contributed by atoms with Gasteiger partial charge in [0.05, 0.1) is 16.2 Å². The van der Waals surface area contributed by atoms with Gasteiger partial charge in [0.25, 0.3) is 0 Å². The molecule has 1 saturated heterocycles. The molecule has 3 rings (SSSR count). The highest BCUT2D eigenvalue weighted by molar-refractivity contribution is 6.35. The van der Waals surface area contributed by atoms with E-state index in [-0.39, 0.29) is 5.78 Å². The lowest BCUT2D eigenvalue weighted by Gasteiger charge is -2.22. The molecule has 0 aliphatic carbocycles. The summed E-state index contributed by atoms with van der Waals surface area (Å²) in [4.78, 5) is 17.0. The average molecular weight is 304 g/mol. The van der Waals surface area contributed by atoms with E-state index in [1.165, 1.54) is 0 Å². The summed E-state index contributed by atoms with van der Waals surface area (Å²) in [5.41, 5.74) is 7.70. The Morgan fingerprint density at radius 3 is 2.95 bits per heavy atom. The monoisotopic (exact) mass is 303 g/mol. The van der Waals surface area contributed by atoms with Crippen LogP contribution in [0.15, 0.2) is 24.4 Å². The Hall–Kier alpha value is -1.65. The molecule has 2 aromatic rings. The van der Waals surface area contributed by atoms with Crippen molar-refractivity contribution in [1.29, 1.82) is 0 Å². The van der Waals surface area contributed by atoms with Crippen molar-refractivity contribution >= 4 is 34.0 Å². The third-order valence-electron chi connectivity index (χ3n) is 4.11. The predicted octanol–water partition coefficient (Wildman–Crippen LogP) is 3.04. The summed E-state index contributed by atoms with van der Waals surface area (Å²) in [5.74, 6) is 0.543. The van der Waals surface area contributed by atoms with Gasteiger partial charge in [0.15, 0.2) is 5.78 Å². The number of pyridine rings is 1. The van der Waals surface area contributed by atoms with Crippen molar-refractivity contribution in [2.45, 2.75) is 19.3 Å². The maximum absolute atomic E-state index is 12.6. The zero-order valence-corrected chi connectivity index (χ0v) is 12.5. The second kappa shape index (κ2) is 6.00. The number of hydrogen-bond acceptors (Lipinski definition) is 4. The molecule has 0 bridgehead atoms. The molecule has 1 aromatic carbocycles. The summed E-state index contributed by atoms with van der Waals surface area (Å²) in [6.45, 7) is 1.97. The lowest BCUT2D eigenvalue weighted by Crippen LogP contribution is -2.29. The predicted molar refractivity (Wildman–Crippen MR) is 85.7 cm³/mol. The van der Waals surface area contributed by atoms with Crippen LogP contribution in [0.2, 0.25) is 5.02 Å². The molecule has 5 heteroatoms. The van der Waals surface area contributed by atoms with E-state index in [0.29, 0.717) is 34.1 Å². The number of aromatic nitrogens is 1. The topological polar surface area (TPSA) is 68.0 Å². The van der Waals surface area contributed by atoms with Gasteiger partial charge in [-0.05, 0) is 50.0 Å². The molecule has 0 radical (unpaired) electrons.